The molecule has 0 radical (unpaired) electrons. The Morgan fingerprint density at radius 3 is 2.50 bits per heavy atom. The van der Waals surface area contributed by atoms with Crippen molar-refractivity contribution in [3.8, 4) is 0 Å². The zero-order valence-electron chi connectivity index (χ0n) is 10.6. The number of aryl methyl sites for hydroxylation is 1. The summed E-state index contributed by atoms with van der Waals surface area (Å²) in [5, 5.41) is 2.90. The van der Waals surface area contributed by atoms with Gasteiger partial charge in [-0.05, 0) is 31.2 Å². The maximum Gasteiger partial charge on any atom is 0.341 e. The Kier molecular flexibility index (Phi) is 4.39. The van der Waals surface area contributed by atoms with Gasteiger partial charge in [0.25, 0.3) is 0 Å². The van der Waals surface area contributed by atoms with Crippen molar-refractivity contribution in [2.75, 3.05) is 5.32 Å². The molecule has 0 saturated heterocycles. The first-order chi connectivity index (χ1) is 9.41. The van der Waals surface area contributed by atoms with Crippen LogP contribution in [0.4, 0.5) is 14.5 Å². The minimum absolute atomic E-state index is 0.193. The summed E-state index contributed by atoms with van der Waals surface area (Å²) in [7, 11) is -4.60. The number of hydrogen-bond donors (Lipinski definition) is 1. The lowest BCUT2D eigenvalue weighted by molar-refractivity contribution is 0.235. The number of hydrogen-bond acceptors (Lipinski definition) is 4. The average Bonchev–Trinajstić information content (AvgIpc) is 2.82. The third kappa shape index (κ3) is 3.16. The van der Waals surface area contributed by atoms with E-state index < -0.39 is 15.6 Å². The van der Waals surface area contributed by atoms with Gasteiger partial charge in [-0.2, -0.15) is 8.78 Å². The highest BCUT2D eigenvalue weighted by molar-refractivity contribution is 7.91. The van der Waals surface area contributed by atoms with Crippen LogP contribution in [0.5, 0.6) is 0 Å². The first-order valence-electron chi connectivity index (χ1n) is 5.81. The van der Waals surface area contributed by atoms with Gasteiger partial charge in [0.15, 0.2) is 0 Å². The Morgan fingerprint density at radius 2 is 1.90 bits per heavy atom. The van der Waals surface area contributed by atoms with Crippen LogP contribution in [0.3, 0.4) is 0 Å². The number of anilines is 1. The van der Waals surface area contributed by atoms with Crippen molar-refractivity contribution in [3.63, 3.8) is 0 Å². The van der Waals surface area contributed by atoms with Crippen LogP contribution in [-0.2, 0) is 16.4 Å². The molecule has 1 aromatic heterocycles. The van der Waals surface area contributed by atoms with Crippen molar-refractivity contribution >= 4 is 26.9 Å². The molecule has 0 unspecified atom stereocenters. The van der Waals surface area contributed by atoms with E-state index in [1.54, 1.807) is 17.4 Å². The number of sulfone groups is 1. The fourth-order valence-corrected chi connectivity index (χ4v) is 3.46. The van der Waals surface area contributed by atoms with E-state index in [4.69, 9.17) is 0 Å². The largest absolute Gasteiger partial charge is 0.379 e. The van der Waals surface area contributed by atoms with E-state index in [0.717, 1.165) is 9.75 Å². The highest BCUT2D eigenvalue weighted by atomic mass is 32.2. The van der Waals surface area contributed by atoms with Gasteiger partial charge in [0.05, 0.1) is 10.6 Å². The molecule has 0 bridgehead atoms. The number of alkyl halides is 2. The van der Waals surface area contributed by atoms with Crippen LogP contribution in [0.25, 0.3) is 0 Å². The summed E-state index contributed by atoms with van der Waals surface area (Å²) in [6.07, 6.45) is 0. The molecule has 1 heterocycles. The van der Waals surface area contributed by atoms with Crippen molar-refractivity contribution in [2.24, 2.45) is 0 Å². The molecule has 0 saturated carbocycles. The van der Waals surface area contributed by atoms with Crippen LogP contribution < -0.4 is 5.32 Å². The lowest BCUT2D eigenvalue weighted by Crippen LogP contribution is -2.14. The lowest BCUT2D eigenvalue weighted by Gasteiger charge is -2.11. The topological polar surface area (TPSA) is 46.2 Å². The molecule has 0 aliphatic heterocycles. The molecule has 2 aromatic rings. The molecule has 0 spiro atoms. The molecule has 0 amide bonds. The molecular weight excluding hydrogens is 304 g/mol. The van der Waals surface area contributed by atoms with E-state index in [-0.39, 0.29) is 10.6 Å². The van der Waals surface area contributed by atoms with Gasteiger partial charge in [-0.25, -0.2) is 8.42 Å². The van der Waals surface area contributed by atoms with Gasteiger partial charge in [-0.3, -0.25) is 0 Å². The van der Waals surface area contributed by atoms with Gasteiger partial charge in [-0.15, -0.1) is 11.3 Å². The van der Waals surface area contributed by atoms with Crippen molar-refractivity contribution in [1.29, 1.82) is 0 Å². The quantitative estimate of drug-likeness (QED) is 0.915. The molecule has 20 heavy (non-hydrogen) atoms. The predicted octanol–water partition coefficient (Wildman–Crippen LogP) is 3.66. The molecule has 2 rings (SSSR count). The van der Waals surface area contributed by atoms with Crippen molar-refractivity contribution in [3.05, 3.63) is 46.2 Å². The fraction of sp³-hybridized carbons (Fsp3) is 0.231. The summed E-state index contributed by atoms with van der Waals surface area (Å²) in [6, 6.07) is 9.56. The van der Waals surface area contributed by atoms with Crippen molar-refractivity contribution < 1.29 is 17.2 Å². The standard InChI is InChI=1S/C13H13F2NO2S2/c1-9-6-7-10(19-9)8-16-11-4-2-3-5-12(11)20(17,18)13(14)15/h2-7,13,16H,8H2,1H3. The second kappa shape index (κ2) is 5.88. The van der Waals surface area contributed by atoms with Crippen molar-refractivity contribution in [1.82, 2.24) is 0 Å². The summed E-state index contributed by atoms with van der Waals surface area (Å²) in [4.78, 5) is 1.77. The molecule has 0 fully saturated rings. The van der Waals surface area contributed by atoms with E-state index in [0.29, 0.717) is 6.54 Å². The molecule has 0 atom stereocenters. The minimum Gasteiger partial charge on any atom is -0.379 e. The Hall–Kier alpha value is -1.47. The van der Waals surface area contributed by atoms with Gasteiger partial charge in [-0.1, -0.05) is 12.1 Å². The molecular formula is C13H13F2NO2S2. The smallest absolute Gasteiger partial charge is 0.341 e. The number of thiophene rings is 1. The number of rotatable bonds is 5. The first-order valence-corrected chi connectivity index (χ1v) is 8.18. The van der Waals surface area contributed by atoms with Gasteiger partial charge >= 0.3 is 5.76 Å². The number of nitrogens with one attached hydrogen (secondary N) is 1. The SMILES string of the molecule is Cc1ccc(CNc2ccccc2S(=O)(=O)C(F)F)s1. The number of halogens is 2. The summed E-state index contributed by atoms with van der Waals surface area (Å²) in [5.41, 5.74) is 0.193. The third-order valence-corrected chi connectivity index (χ3v) is 5.12. The highest BCUT2D eigenvalue weighted by Gasteiger charge is 2.28. The van der Waals surface area contributed by atoms with Gasteiger partial charge in [0, 0.05) is 16.3 Å². The summed E-state index contributed by atoms with van der Waals surface area (Å²) in [6.45, 7) is 2.36. The molecule has 0 aliphatic carbocycles. The van der Waals surface area contributed by atoms with Crippen LogP contribution in [0.2, 0.25) is 0 Å². The highest BCUT2D eigenvalue weighted by Crippen LogP contribution is 2.27. The molecule has 3 nitrogen and oxygen atoms in total. The Morgan fingerprint density at radius 1 is 1.20 bits per heavy atom. The summed E-state index contributed by atoms with van der Waals surface area (Å²) in [5.74, 6) is -3.42. The maximum absolute atomic E-state index is 12.6. The maximum atomic E-state index is 12.6. The molecule has 7 heteroatoms. The normalized spacial score (nSPS) is 11.8. The summed E-state index contributed by atoms with van der Waals surface area (Å²) < 4.78 is 48.4. The van der Waals surface area contributed by atoms with Crippen LogP contribution in [-0.4, -0.2) is 14.2 Å². The average molecular weight is 317 g/mol. The predicted molar refractivity (Wildman–Crippen MR) is 76.0 cm³/mol. The van der Waals surface area contributed by atoms with Crippen LogP contribution in [0.1, 0.15) is 9.75 Å². The first kappa shape index (κ1) is 14.9. The Labute approximate surface area is 120 Å². The van der Waals surface area contributed by atoms with E-state index in [2.05, 4.69) is 5.32 Å². The minimum atomic E-state index is -4.60. The van der Waals surface area contributed by atoms with Crippen LogP contribution in [0, 0.1) is 6.92 Å². The molecule has 1 aromatic carbocycles. The van der Waals surface area contributed by atoms with Crippen molar-refractivity contribution in [2.45, 2.75) is 24.1 Å². The van der Waals surface area contributed by atoms with E-state index in [9.17, 15) is 17.2 Å². The second-order valence-electron chi connectivity index (χ2n) is 4.17. The van der Waals surface area contributed by atoms with E-state index in [1.807, 2.05) is 19.1 Å². The van der Waals surface area contributed by atoms with E-state index in [1.165, 1.54) is 18.2 Å². The zero-order chi connectivity index (χ0) is 14.8. The number of benzene rings is 1. The van der Waals surface area contributed by atoms with E-state index >= 15 is 0 Å². The Bertz CT molecular complexity index is 696. The lowest BCUT2D eigenvalue weighted by atomic mass is 10.3. The zero-order valence-corrected chi connectivity index (χ0v) is 12.3. The summed E-state index contributed by atoms with van der Waals surface area (Å²) >= 11 is 1.57. The Balaban J connectivity index is 2.25. The van der Waals surface area contributed by atoms with Gasteiger partial charge in [0.1, 0.15) is 0 Å². The number of para-hydroxylation sites is 1. The van der Waals surface area contributed by atoms with Gasteiger partial charge in [0.2, 0.25) is 9.84 Å². The third-order valence-electron chi connectivity index (χ3n) is 2.68. The molecule has 1 N–H and O–H groups in total. The molecule has 108 valence electrons. The molecule has 0 aliphatic rings. The van der Waals surface area contributed by atoms with Crippen LogP contribution in [0.15, 0.2) is 41.3 Å². The monoisotopic (exact) mass is 317 g/mol. The van der Waals surface area contributed by atoms with Gasteiger partial charge < -0.3 is 5.32 Å². The fourth-order valence-electron chi connectivity index (χ4n) is 1.72. The van der Waals surface area contributed by atoms with Crippen LogP contribution >= 0.6 is 11.3 Å². The second-order valence-corrected chi connectivity index (χ2v) is 7.43.